The number of fused-ring (bicyclic) bond motifs is 4. The van der Waals surface area contributed by atoms with Gasteiger partial charge in [-0.05, 0) is 111 Å². The molecule has 0 radical (unpaired) electrons. The summed E-state index contributed by atoms with van der Waals surface area (Å²) in [6.07, 6.45) is 12.9. The molecule has 2 saturated carbocycles. The topological polar surface area (TPSA) is 20.2 Å². The van der Waals surface area contributed by atoms with Gasteiger partial charge in [-0.25, -0.2) is 0 Å². The lowest BCUT2D eigenvalue weighted by molar-refractivity contribution is -0.0336. The Morgan fingerprint density at radius 2 is 1.80 bits per heavy atom. The lowest BCUT2D eigenvalue weighted by Crippen LogP contribution is -2.49. The SMILES string of the molecule is C=C(CC[C@@H](C)[C@@H]1CC[C@@H]2C3=C(CC[C@@]21C)[C@@]1(C)CC[C@@H](O)[C@H](C)[C@H]1CC3)C(C)C. The molecule has 170 valence electrons. The Morgan fingerprint density at radius 3 is 2.50 bits per heavy atom. The third-order valence-electron chi connectivity index (χ3n) is 11.0. The minimum Gasteiger partial charge on any atom is -0.393 e. The summed E-state index contributed by atoms with van der Waals surface area (Å²) in [6, 6.07) is 0. The second-order valence-corrected chi connectivity index (χ2v) is 12.6. The summed E-state index contributed by atoms with van der Waals surface area (Å²) in [4.78, 5) is 0. The first-order chi connectivity index (χ1) is 14.1. The van der Waals surface area contributed by atoms with Gasteiger partial charge in [0.25, 0.3) is 0 Å². The van der Waals surface area contributed by atoms with Crippen molar-refractivity contribution in [1.82, 2.24) is 0 Å². The number of hydrogen-bond donors (Lipinski definition) is 1. The van der Waals surface area contributed by atoms with Crippen LogP contribution in [0.15, 0.2) is 23.3 Å². The molecule has 0 aromatic heterocycles. The molecule has 0 spiro atoms. The Balaban J connectivity index is 1.54. The third-order valence-corrected chi connectivity index (χ3v) is 11.0. The maximum absolute atomic E-state index is 10.5. The Bertz CT molecular complexity index is 701. The average Bonchev–Trinajstić information content (AvgIpc) is 3.06. The van der Waals surface area contributed by atoms with Crippen molar-refractivity contribution in [3.8, 4) is 0 Å². The standard InChI is InChI=1S/C29H48O/c1-18(2)19(3)8-9-20(4)23-12-13-25-22-10-11-24-21(5)27(30)15-17-29(24,7)26(22)14-16-28(23,25)6/h18,20-21,23-25,27,30H,3,8-17H2,1-2,4-7H3/t20-,21-,23+,24-,25-,27-,28-,29+/m1/s1. The van der Waals surface area contributed by atoms with E-state index in [-0.39, 0.29) is 6.10 Å². The summed E-state index contributed by atoms with van der Waals surface area (Å²) < 4.78 is 0. The van der Waals surface area contributed by atoms with Crippen molar-refractivity contribution in [1.29, 1.82) is 0 Å². The Hall–Kier alpha value is -0.560. The molecule has 8 atom stereocenters. The first kappa shape index (κ1) is 22.6. The highest BCUT2D eigenvalue weighted by atomic mass is 16.3. The van der Waals surface area contributed by atoms with Crippen molar-refractivity contribution in [3.63, 3.8) is 0 Å². The molecule has 4 aliphatic rings. The van der Waals surface area contributed by atoms with Crippen LogP contribution >= 0.6 is 0 Å². The van der Waals surface area contributed by atoms with E-state index in [9.17, 15) is 5.11 Å². The number of hydrogen-bond acceptors (Lipinski definition) is 1. The average molecular weight is 413 g/mol. The third kappa shape index (κ3) is 3.46. The zero-order chi connectivity index (χ0) is 21.8. The smallest absolute Gasteiger partial charge is 0.0569 e. The molecule has 0 aromatic carbocycles. The predicted octanol–water partition coefficient (Wildman–Crippen LogP) is 7.94. The van der Waals surface area contributed by atoms with Gasteiger partial charge < -0.3 is 5.11 Å². The molecule has 0 unspecified atom stereocenters. The summed E-state index contributed by atoms with van der Waals surface area (Å²) in [5.74, 6) is 4.32. The fourth-order valence-corrected chi connectivity index (χ4v) is 8.79. The van der Waals surface area contributed by atoms with Gasteiger partial charge in [-0.2, -0.15) is 0 Å². The molecule has 1 N–H and O–H groups in total. The monoisotopic (exact) mass is 412 g/mol. The van der Waals surface area contributed by atoms with Gasteiger partial charge in [0.05, 0.1) is 6.10 Å². The number of aliphatic hydroxyl groups is 1. The van der Waals surface area contributed by atoms with Gasteiger partial charge in [0.15, 0.2) is 0 Å². The Labute approximate surface area is 186 Å². The maximum atomic E-state index is 10.5. The van der Waals surface area contributed by atoms with E-state index in [1.54, 1.807) is 0 Å². The van der Waals surface area contributed by atoms with Crippen molar-refractivity contribution >= 4 is 0 Å². The van der Waals surface area contributed by atoms with Gasteiger partial charge in [0.2, 0.25) is 0 Å². The zero-order valence-corrected chi connectivity index (χ0v) is 20.8. The van der Waals surface area contributed by atoms with E-state index in [1.807, 2.05) is 11.1 Å². The van der Waals surface area contributed by atoms with Crippen LogP contribution in [0.1, 0.15) is 106 Å². The van der Waals surface area contributed by atoms with Crippen molar-refractivity contribution < 1.29 is 5.11 Å². The van der Waals surface area contributed by atoms with Crippen molar-refractivity contribution in [2.75, 3.05) is 0 Å². The minimum atomic E-state index is -0.0728. The van der Waals surface area contributed by atoms with Crippen molar-refractivity contribution in [2.24, 2.45) is 46.3 Å². The molecule has 2 fully saturated rings. The van der Waals surface area contributed by atoms with Gasteiger partial charge in [-0.15, -0.1) is 0 Å². The Morgan fingerprint density at radius 1 is 1.07 bits per heavy atom. The Kier molecular flexibility index (Phi) is 6.10. The second-order valence-electron chi connectivity index (χ2n) is 12.6. The molecule has 1 nitrogen and oxygen atoms in total. The van der Waals surface area contributed by atoms with Crippen LogP contribution in [0.3, 0.4) is 0 Å². The van der Waals surface area contributed by atoms with E-state index < -0.39 is 0 Å². The first-order valence-corrected chi connectivity index (χ1v) is 13.2. The molecule has 0 aliphatic heterocycles. The summed E-state index contributed by atoms with van der Waals surface area (Å²) in [5, 5.41) is 10.5. The van der Waals surface area contributed by atoms with Crippen molar-refractivity contribution in [3.05, 3.63) is 23.3 Å². The molecule has 0 amide bonds. The van der Waals surface area contributed by atoms with Crippen LogP contribution in [0.2, 0.25) is 0 Å². The lowest BCUT2D eigenvalue weighted by Gasteiger charge is -2.56. The molecule has 30 heavy (non-hydrogen) atoms. The summed E-state index contributed by atoms with van der Waals surface area (Å²) in [5.41, 5.74) is 6.08. The summed E-state index contributed by atoms with van der Waals surface area (Å²) >= 11 is 0. The number of allylic oxidation sites excluding steroid dienone is 3. The van der Waals surface area contributed by atoms with E-state index in [0.29, 0.717) is 28.6 Å². The highest BCUT2D eigenvalue weighted by molar-refractivity contribution is 5.34. The van der Waals surface area contributed by atoms with Crippen LogP contribution in [-0.2, 0) is 0 Å². The molecule has 4 rings (SSSR count). The molecule has 4 aliphatic carbocycles. The lowest BCUT2D eigenvalue weighted by atomic mass is 9.49. The quantitative estimate of drug-likeness (QED) is 0.454. The molecule has 0 heterocycles. The zero-order valence-electron chi connectivity index (χ0n) is 20.8. The van der Waals surface area contributed by atoms with E-state index in [2.05, 4.69) is 48.1 Å². The van der Waals surface area contributed by atoms with Crippen LogP contribution < -0.4 is 0 Å². The molecule has 0 saturated heterocycles. The molecule has 0 aromatic rings. The summed E-state index contributed by atoms with van der Waals surface area (Å²) in [6.45, 7) is 19.0. The number of aliphatic hydroxyl groups excluding tert-OH is 1. The molecule has 1 heteroatoms. The van der Waals surface area contributed by atoms with E-state index >= 15 is 0 Å². The van der Waals surface area contributed by atoms with Gasteiger partial charge in [-0.3, -0.25) is 0 Å². The van der Waals surface area contributed by atoms with Crippen LogP contribution in [0.25, 0.3) is 0 Å². The van der Waals surface area contributed by atoms with Crippen LogP contribution in [0, 0.1) is 46.3 Å². The molecule has 0 bridgehead atoms. The highest BCUT2D eigenvalue weighted by Crippen LogP contribution is 2.66. The minimum absolute atomic E-state index is 0.0728. The van der Waals surface area contributed by atoms with Crippen LogP contribution in [0.4, 0.5) is 0 Å². The fourth-order valence-electron chi connectivity index (χ4n) is 8.79. The second kappa shape index (κ2) is 8.09. The van der Waals surface area contributed by atoms with E-state index in [0.717, 1.165) is 24.2 Å². The highest BCUT2D eigenvalue weighted by Gasteiger charge is 2.56. The summed E-state index contributed by atoms with van der Waals surface area (Å²) in [7, 11) is 0. The molecular formula is C29H48O. The van der Waals surface area contributed by atoms with Crippen LogP contribution in [-0.4, -0.2) is 11.2 Å². The van der Waals surface area contributed by atoms with Crippen LogP contribution in [0.5, 0.6) is 0 Å². The van der Waals surface area contributed by atoms with Gasteiger partial charge >= 0.3 is 0 Å². The first-order valence-electron chi connectivity index (χ1n) is 13.2. The van der Waals surface area contributed by atoms with Gasteiger partial charge in [0.1, 0.15) is 0 Å². The normalized spacial score (nSPS) is 44.5. The molecular weight excluding hydrogens is 364 g/mol. The largest absolute Gasteiger partial charge is 0.393 e. The van der Waals surface area contributed by atoms with Gasteiger partial charge in [-0.1, -0.05) is 64.8 Å². The van der Waals surface area contributed by atoms with Gasteiger partial charge in [0, 0.05) is 0 Å². The van der Waals surface area contributed by atoms with E-state index in [1.165, 1.54) is 63.4 Å². The maximum Gasteiger partial charge on any atom is 0.0569 e. The predicted molar refractivity (Wildman–Crippen MR) is 128 cm³/mol. The fraction of sp³-hybridized carbons (Fsp3) is 0.862. The number of rotatable bonds is 5. The van der Waals surface area contributed by atoms with E-state index in [4.69, 9.17) is 0 Å². The van der Waals surface area contributed by atoms with Crippen molar-refractivity contribution in [2.45, 2.75) is 112 Å².